The van der Waals surface area contributed by atoms with E-state index in [2.05, 4.69) is 10.6 Å². The molecule has 0 bridgehead atoms. The number of carbonyl (C=O) groups is 2. The maximum atomic E-state index is 14.3. The van der Waals surface area contributed by atoms with Gasteiger partial charge in [-0.2, -0.15) is 0 Å². The quantitative estimate of drug-likeness (QED) is 0.431. The molecule has 12 heteroatoms. The first-order valence-electron chi connectivity index (χ1n) is 11.1. The highest BCUT2D eigenvalue weighted by Crippen LogP contribution is 2.38. The molecule has 0 aromatic heterocycles. The molecule has 4 rings (SSSR count). The van der Waals surface area contributed by atoms with Crippen molar-refractivity contribution < 1.29 is 23.1 Å². The van der Waals surface area contributed by atoms with Gasteiger partial charge in [0.25, 0.3) is 5.91 Å². The average Bonchev–Trinajstić information content (AvgIpc) is 2.78. The monoisotopic (exact) mass is 560 g/mol. The molecule has 0 spiro atoms. The van der Waals surface area contributed by atoms with Crippen LogP contribution in [0.1, 0.15) is 49.0 Å². The van der Waals surface area contributed by atoms with Crippen molar-refractivity contribution in [3.05, 3.63) is 63.1 Å². The molecular formula is C24H25Cl3F2N4O3. The van der Waals surface area contributed by atoms with Crippen LogP contribution in [0.4, 0.5) is 14.5 Å². The lowest BCUT2D eigenvalue weighted by Gasteiger charge is -2.45. The van der Waals surface area contributed by atoms with E-state index in [0.717, 1.165) is 12.1 Å². The topological polar surface area (TPSA) is 94.5 Å². The summed E-state index contributed by atoms with van der Waals surface area (Å²) in [6.07, 6.45) is 1.31. The fourth-order valence-electron chi connectivity index (χ4n) is 4.58. The van der Waals surface area contributed by atoms with Gasteiger partial charge in [-0.25, -0.2) is 8.78 Å². The van der Waals surface area contributed by atoms with Crippen LogP contribution >= 0.6 is 35.6 Å². The second-order valence-electron chi connectivity index (χ2n) is 8.95. The Morgan fingerprint density at radius 2 is 1.97 bits per heavy atom. The lowest BCUT2D eigenvalue weighted by molar-refractivity contribution is -0.134. The summed E-state index contributed by atoms with van der Waals surface area (Å²) in [6.45, 7) is 4.20. The molecule has 194 valence electrons. The number of halogens is 5. The third-order valence-electron chi connectivity index (χ3n) is 6.35. The number of hydrogen-bond acceptors (Lipinski definition) is 4. The predicted octanol–water partition coefficient (Wildman–Crippen LogP) is 5.49. The van der Waals surface area contributed by atoms with E-state index in [9.17, 15) is 18.4 Å². The molecule has 2 fully saturated rings. The number of carbonyl (C=O) groups excluding carboxylic acids is 2. The number of anilines is 1. The van der Waals surface area contributed by atoms with Crippen molar-refractivity contribution in [3.63, 3.8) is 0 Å². The van der Waals surface area contributed by atoms with Crippen molar-refractivity contribution in [3.8, 4) is 0 Å². The third-order valence-corrected chi connectivity index (χ3v) is 7.11. The van der Waals surface area contributed by atoms with E-state index in [1.54, 1.807) is 19.1 Å². The molecule has 0 saturated carbocycles. The van der Waals surface area contributed by atoms with Crippen LogP contribution in [0, 0.1) is 17.0 Å². The fourth-order valence-corrected chi connectivity index (χ4v) is 5.13. The van der Waals surface area contributed by atoms with Crippen LogP contribution in [0.3, 0.4) is 0 Å². The first kappa shape index (κ1) is 28.1. The Bertz CT molecular complexity index is 1200. The molecule has 3 atom stereocenters. The molecule has 2 aromatic carbocycles. The number of benzene rings is 2. The first-order chi connectivity index (χ1) is 16.5. The number of rotatable bonds is 4. The summed E-state index contributed by atoms with van der Waals surface area (Å²) in [5.41, 5.74) is -0.827. The minimum Gasteiger partial charge on any atom is -0.378 e. The second kappa shape index (κ2) is 10.9. The van der Waals surface area contributed by atoms with Gasteiger partial charge in [0.05, 0.1) is 34.3 Å². The van der Waals surface area contributed by atoms with Crippen molar-refractivity contribution >= 4 is 59.1 Å². The SMILES string of the molecule is C[C@@H]1C[C@H](N2C(=N)N[C@](C)(c3cccc(NC(=O)c4ccc(F)c(Cl)c4F)c3Cl)CC2=O)CCO1.Cl. The number of guanidine groups is 1. The maximum Gasteiger partial charge on any atom is 0.258 e. The molecule has 2 aromatic rings. The lowest BCUT2D eigenvalue weighted by atomic mass is 9.85. The Hall–Kier alpha value is -2.46. The highest BCUT2D eigenvalue weighted by Gasteiger charge is 2.43. The Kier molecular flexibility index (Phi) is 8.50. The first-order valence-corrected chi connectivity index (χ1v) is 11.8. The van der Waals surface area contributed by atoms with Crippen LogP contribution in [-0.4, -0.2) is 41.4 Å². The Balaban J connectivity index is 0.00000361. The summed E-state index contributed by atoms with van der Waals surface area (Å²) in [4.78, 5) is 27.3. The summed E-state index contributed by atoms with van der Waals surface area (Å²) in [6, 6.07) is 6.58. The van der Waals surface area contributed by atoms with Crippen LogP contribution in [0.5, 0.6) is 0 Å². The molecule has 3 N–H and O–H groups in total. The standard InChI is InChI=1S/C24H24Cl2F2N4O3.ClH/c1-12-10-13(8-9-35-12)32-18(33)11-24(2,31-23(32)29)15-4-3-5-17(19(15)25)30-22(34)14-6-7-16(27)20(26)21(14)28;/h3-7,12-13H,8-11H2,1-2H3,(H2,29,31)(H,30,34);1H/t12-,13-,24+;/m1./s1. The second-order valence-corrected chi connectivity index (χ2v) is 9.71. The molecular weight excluding hydrogens is 537 g/mol. The highest BCUT2D eigenvalue weighted by atomic mass is 35.5. The normalized spacial score (nSPS) is 24.1. The van der Waals surface area contributed by atoms with Crippen LogP contribution in [0.15, 0.2) is 30.3 Å². The van der Waals surface area contributed by atoms with Crippen molar-refractivity contribution in [2.24, 2.45) is 0 Å². The van der Waals surface area contributed by atoms with E-state index in [4.69, 9.17) is 33.3 Å². The van der Waals surface area contributed by atoms with E-state index in [0.29, 0.717) is 25.0 Å². The molecule has 0 aliphatic carbocycles. The van der Waals surface area contributed by atoms with Crippen molar-refractivity contribution in [1.29, 1.82) is 5.41 Å². The number of hydrogen-bond donors (Lipinski definition) is 3. The Labute approximate surface area is 223 Å². The summed E-state index contributed by atoms with van der Waals surface area (Å²) in [5.74, 6) is -3.28. The Morgan fingerprint density at radius 3 is 2.64 bits per heavy atom. The van der Waals surface area contributed by atoms with Crippen LogP contribution in [-0.2, 0) is 15.1 Å². The minimum absolute atomic E-state index is 0. The zero-order chi connectivity index (χ0) is 25.5. The summed E-state index contributed by atoms with van der Waals surface area (Å²) >= 11 is 12.2. The van der Waals surface area contributed by atoms with Gasteiger partial charge in [-0.3, -0.25) is 19.9 Å². The third kappa shape index (κ3) is 5.29. The molecule has 2 heterocycles. The zero-order valence-corrected chi connectivity index (χ0v) is 21.8. The number of amides is 2. The molecule has 0 radical (unpaired) electrons. The molecule has 0 unspecified atom stereocenters. The van der Waals surface area contributed by atoms with Gasteiger partial charge in [0.2, 0.25) is 5.91 Å². The summed E-state index contributed by atoms with van der Waals surface area (Å²) in [7, 11) is 0. The van der Waals surface area contributed by atoms with Crippen molar-refractivity contribution in [2.45, 2.75) is 50.8 Å². The van der Waals surface area contributed by atoms with Crippen molar-refractivity contribution in [2.75, 3.05) is 11.9 Å². The molecule has 2 amide bonds. The zero-order valence-electron chi connectivity index (χ0n) is 19.5. The van der Waals surface area contributed by atoms with E-state index >= 15 is 0 Å². The number of nitrogens with zero attached hydrogens (tertiary/aromatic N) is 1. The van der Waals surface area contributed by atoms with E-state index in [1.165, 1.54) is 11.0 Å². The van der Waals surface area contributed by atoms with Crippen LogP contribution in [0.2, 0.25) is 10.0 Å². The van der Waals surface area contributed by atoms with Gasteiger partial charge in [0.15, 0.2) is 11.8 Å². The van der Waals surface area contributed by atoms with Gasteiger partial charge < -0.3 is 15.4 Å². The molecule has 7 nitrogen and oxygen atoms in total. The molecule has 2 aliphatic heterocycles. The van der Waals surface area contributed by atoms with Gasteiger partial charge >= 0.3 is 0 Å². The van der Waals surface area contributed by atoms with Gasteiger partial charge in [-0.05, 0) is 50.5 Å². The van der Waals surface area contributed by atoms with Crippen molar-refractivity contribution in [1.82, 2.24) is 10.2 Å². The summed E-state index contributed by atoms with van der Waals surface area (Å²) in [5, 5.41) is 13.5. The van der Waals surface area contributed by atoms with E-state index in [-0.39, 0.29) is 53.6 Å². The van der Waals surface area contributed by atoms with Gasteiger partial charge in [0.1, 0.15) is 10.8 Å². The average molecular weight is 562 g/mol. The fraction of sp³-hybridized carbons (Fsp3) is 0.375. The molecule has 2 saturated heterocycles. The van der Waals surface area contributed by atoms with E-state index < -0.39 is 33.7 Å². The number of ether oxygens (including phenoxy) is 1. The Morgan fingerprint density at radius 1 is 1.25 bits per heavy atom. The highest BCUT2D eigenvalue weighted by molar-refractivity contribution is 6.35. The minimum atomic E-state index is -1.18. The lowest BCUT2D eigenvalue weighted by Crippen LogP contribution is -2.63. The molecule has 36 heavy (non-hydrogen) atoms. The van der Waals surface area contributed by atoms with Gasteiger partial charge in [-0.1, -0.05) is 35.3 Å². The van der Waals surface area contributed by atoms with E-state index in [1.807, 2.05) is 6.92 Å². The summed E-state index contributed by atoms with van der Waals surface area (Å²) < 4.78 is 33.3. The number of nitrogens with one attached hydrogen (secondary N) is 3. The maximum absolute atomic E-state index is 14.3. The smallest absolute Gasteiger partial charge is 0.258 e. The van der Waals surface area contributed by atoms with Gasteiger partial charge in [-0.15, -0.1) is 12.4 Å². The van der Waals surface area contributed by atoms with Gasteiger partial charge in [0, 0.05) is 12.6 Å². The predicted molar refractivity (Wildman–Crippen MR) is 136 cm³/mol. The molecule has 2 aliphatic rings. The van der Waals surface area contributed by atoms with Crippen LogP contribution < -0.4 is 10.6 Å². The largest absolute Gasteiger partial charge is 0.378 e. The van der Waals surface area contributed by atoms with Crippen LogP contribution in [0.25, 0.3) is 0 Å².